The predicted molar refractivity (Wildman–Crippen MR) is 54.8 cm³/mol. The Hall–Kier alpha value is -0.520. The van der Waals surface area contributed by atoms with Gasteiger partial charge in [0, 0.05) is 13.0 Å². The second kappa shape index (κ2) is 4.33. The van der Waals surface area contributed by atoms with Crippen molar-refractivity contribution in [1.29, 1.82) is 0 Å². The minimum atomic E-state index is -0.0303. The quantitative estimate of drug-likeness (QED) is 0.422. The van der Waals surface area contributed by atoms with Gasteiger partial charge in [0.25, 0.3) is 0 Å². The first-order chi connectivity index (χ1) is 6.87. The van der Waals surface area contributed by atoms with E-state index in [4.69, 9.17) is 9.84 Å². The van der Waals surface area contributed by atoms with Gasteiger partial charge in [0.2, 0.25) is 0 Å². The molecular weight excluding hydrogens is 176 g/mol. The van der Waals surface area contributed by atoms with Gasteiger partial charge in [-0.15, -0.1) is 5.92 Å². The number of fused-ring (bicyclic) bond motifs is 1. The van der Waals surface area contributed by atoms with Crippen LogP contribution < -0.4 is 0 Å². The first-order valence-electron chi connectivity index (χ1n) is 5.66. The molecule has 2 nitrogen and oxygen atoms in total. The summed E-state index contributed by atoms with van der Waals surface area (Å²) in [5.74, 6) is 6.46. The standard InChI is InChI=1S/C12H18O2/c13-10-6-2-1-4-8-12-9-5-3-7-11(12)14-12/h11,13H,1-3,5-7,9-10H2/t11-,12+/m1/s1. The Morgan fingerprint density at radius 2 is 2.29 bits per heavy atom. The van der Waals surface area contributed by atoms with Gasteiger partial charge < -0.3 is 9.84 Å². The molecule has 0 bridgehead atoms. The largest absolute Gasteiger partial charge is 0.396 e. The van der Waals surface area contributed by atoms with Crippen LogP contribution >= 0.6 is 0 Å². The first kappa shape index (κ1) is 10.0. The summed E-state index contributed by atoms with van der Waals surface area (Å²) in [6.07, 6.45) is 8.12. The van der Waals surface area contributed by atoms with E-state index in [2.05, 4.69) is 11.8 Å². The molecule has 78 valence electrons. The molecule has 0 amide bonds. The topological polar surface area (TPSA) is 32.8 Å². The molecule has 0 unspecified atom stereocenters. The molecule has 14 heavy (non-hydrogen) atoms. The van der Waals surface area contributed by atoms with Gasteiger partial charge in [0.15, 0.2) is 5.60 Å². The van der Waals surface area contributed by atoms with Crippen molar-refractivity contribution in [3.8, 4) is 11.8 Å². The molecule has 1 aliphatic heterocycles. The average molecular weight is 194 g/mol. The zero-order valence-corrected chi connectivity index (χ0v) is 8.59. The minimum absolute atomic E-state index is 0.0303. The number of ether oxygens (including phenoxy) is 1. The highest BCUT2D eigenvalue weighted by molar-refractivity contribution is 5.26. The lowest BCUT2D eigenvalue weighted by atomic mass is 9.89. The minimum Gasteiger partial charge on any atom is -0.396 e. The van der Waals surface area contributed by atoms with Crippen molar-refractivity contribution in [3.05, 3.63) is 0 Å². The summed E-state index contributed by atoms with van der Waals surface area (Å²) >= 11 is 0. The molecule has 1 saturated heterocycles. The molecule has 0 aromatic rings. The van der Waals surface area contributed by atoms with Crippen LogP contribution in [0.5, 0.6) is 0 Å². The average Bonchev–Trinajstić information content (AvgIpc) is 2.92. The van der Waals surface area contributed by atoms with Gasteiger partial charge >= 0.3 is 0 Å². The second-order valence-electron chi connectivity index (χ2n) is 4.22. The van der Waals surface area contributed by atoms with Crippen molar-refractivity contribution < 1.29 is 9.84 Å². The Balaban J connectivity index is 1.74. The lowest BCUT2D eigenvalue weighted by Crippen LogP contribution is -2.16. The number of epoxide rings is 1. The molecule has 1 heterocycles. The Kier molecular flexibility index (Phi) is 3.10. The van der Waals surface area contributed by atoms with Crippen LogP contribution in [-0.2, 0) is 4.74 Å². The van der Waals surface area contributed by atoms with Crippen LogP contribution in [0.1, 0.15) is 44.9 Å². The Labute approximate surface area is 85.6 Å². The highest BCUT2D eigenvalue weighted by Crippen LogP contribution is 2.47. The summed E-state index contributed by atoms with van der Waals surface area (Å²) < 4.78 is 5.65. The molecule has 0 spiro atoms. The van der Waals surface area contributed by atoms with E-state index >= 15 is 0 Å². The van der Waals surface area contributed by atoms with Gasteiger partial charge in [-0.2, -0.15) is 0 Å². The van der Waals surface area contributed by atoms with Crippen LogP contribution in [0.3, 0.4) is 0 Å². The normalized spacial score (nSPS) is 34.2. The maximum absolute atomic E-state index is 8.60. The highest BCUT2D eigenvalue weighted by Gasteiger charge is 2.56. The number of aliphatic hydroxyl groups excluding tert-OH is 1. The molecule has 0 aromatic heterocycles. The molecule has 2 atom stereocenters. The van der Waals surface area contributed by atoms with E-state index in [-0.39, 0.29) is 12.2 Å². The zero-order chi connectivity index (χ0) is 9.86. The summed E-state index contributed by atoms with van der Waals surface area (Å²) in [5, 5.41) is 8.60. The fourth-order valence-electron chi connectivity index (χ4n) is 2.16. The summed E-state index contributed by atoms with van der Waals surface area (Å²) in [5.41, 5.74) is -0.0303. The molecule has 1 saturated carbocycles. The van der Waals surface area contributed by atoms with E-state index in [1.807, 2.05) is 0 Å². The van der Waals surface area contributed by atoms with Gasteiger partial charge in [0.05, 0.1) is 6.10 Å². The van der Waals surface area contributed by atoms with E-state index in [1.165, 1.54) is 19.3 Å². The lowest BCUT2D eigenvalue weighted by Gasteiger charge is -2.10. The third-order valence-electron chi connectivity index (χ3n) is 3.09. The van der Waals surface area contributed by atoms with Crippen LogP contribution in [0.4, 0.5) is 0 Å². The SMILES string of the molecule is OCCCCC#C[C@]12CCCC[C@H]1O2. The second-order valence-corrected chi connectivity index (χ2v) is 4.22. The van der Waals surface area contributed by atoms with Crippen molar-refractivity contribution >= 4 is 0 Å². The maximum Gasteiger partial charge on any atom is 0.155 e. The Morgan fingerprint density at radius 3 is 3.07 bits per heavy atom. The third kappa shape index (κ3) is 2.10. The Bertz CT molecular complexity index is 251. The van der Waals surface area contributed by atoms with Gasteiger partial charge in [-0.05, 0) is 32.1 Å². The van der Waals surface area contributed by atoms with Gasteiger partial charge in [0.1, 0.15) is 0 Å². The molecule has 0 aromatic carbocycles. The van der Waals surface area contributed by atoms with Crippen molar-refractivity contribution in [2.75, 3.05) is 6.61 Å². The molecule has 2 rings (SSSR count). The first-order valence-corrected chi connectivity index (χ1v) is 5.66. The molecule has 1 N–H and O–H groups in total. The van der Waals surface area contributed by atoms with Crippen LogP contribution in [0.25, 0.3) is 0 Å². The van der Waals surface area contributed by atoms with E-state index in [0.29, 0.717) is 6.10 Å². The zero-order valence-electron chi connectivity index (χ0n) is 8.59. The van der Waals surface area contributed by atoms with Crippen molar-refractivity contribution in [1.82, 2.24) is 0 Å². The van der Waals surface area contributed by atoms with Gasteiger partial charge in [-0.1, -0.05) is 12.3 Å². The van der Waals surface area contributed by atoms with Crippen LogP contribution in [0.15, 0.2) is 0 Å². The maximum atomic E-state index is 8.60. The molecule has 1 aliphatic carbocycles. The molecule has 2 fully saturated rings. The summed E-state index contributed by atoms with van der Waals surface area (Å²) in [6.45, 7) is 0.284. The lowest BCUT2D eigenvalue weighted by molar-refractivity contribution is 0.285. The number of rotatable bonds is 3. The van der Waals surface area contributed by atoms with Crippen molar-refractivity contribution in [3.63, 3.8) is 0 Å². The van der Waals surface area contributed by atoms with Gasteiger partial charge in [-0.3, -0.25) is 0 Å². The van der Waals surface area contributed by atoms with Crippen molar-refractivity contribution in [2.24, 2.45) is 0 Å². The summed E-state index contributed by atoms with van der Waals surface area (Å²) in [6, 6.07) is 0. The molecular formula is C12H18O2. The third-order valence-corrected chi connectivity index (χ3v) is 3.09. The summed E-state index contributed by atoms with van der Waals surface area (Å²) in [7, 11) is 0. The predicted octanol–water partition coefficient (Wildman–Crippen LogP) is 1.86. The Morgan fingerprint density at radius 1 is 1.36 bits per heavy atom. The smallest absolute Gasteiger partial charge is 0.155 e. The van der Waals surface area contributed by atoms with E-state index in [1.54, 1.807) is 0 Å². The number of hydrogen-bond donors (Lipinski definition) is 1. The molecule has 2 heteroatoms. The number of hydrogen-bond acceptors (Lipinski definition) is 2. The molecule has 0 radical (unpaired) electrons. The van der Waals surface area contributed by atoms with E-state index in [9.17, 15) is 0 Å². The fraction of sp³-hybridized carbons (Fsp3) is 0.833. The fourth-order valence-corrected chi connectivity index (χ4v) is 2.16. The van der Waals surface area contributed by atoms with E-state index < -0.39 is 0 Å². The van der Waals surface area contributed by atoms with Crippen LogP contribution in [-0.4, -0.2) is 23.4 Å². The highest BCUT2D eigenvalue weighted by atomic mass is 16.6. The van der Waals surface area contributed by atoms with Crippen molar-refractivity contribution in [2.45, 2.75) is 56.7 Å². The van der Waals surface area contributed by atoms with Gasteiger partial charge in [-0.25, -0.2) is 0 Å². The monoisotopic (exact) mass is 194 g/mol. The number of aliphatic hydroxyl groups is 1. The van der Waals surface area contributed by atoms with Crippen LogP contribution in [0, 0.1) is 11.8 Å². The van der Waals surface area contributed by atoms with E-state index in [0.717, 1.165) is 25.7 Å². The molecule has 2 aliphatic rings. The number of unbranched alkanes of at least 4 members (excludes halogenated alkanes) is 2. The van der Waals surface area contributed by atoms with Crippen LogP contribution in [0.2, 0.25) is 0 Å². The summed E-state index contributed by atoms with van der Waals surface area (Å²) in [4.78, 5) is 0.